The van der Waals surface area contributed by atoms with E-state index >= 15 is 0 Å². The second kappa shape index (κ2) is 2.85. The molecular weight excluding hydrogens is 191 g/mol. The number of halogens is 1. The van der Waals surface area contributed by atoms with E-state index in [0.717, 1.165) is 0 Å². The zero-order chi connectivity index (χ0) is 9.42. The molecule has 0 aromatic carbocycles. The van der Waals surface area contributed by atoms with Crippen LogP contribution < -0.4 is 10.5 Å². The molecule has 0 saturated carbocycles. The summed E-state index contributed by atoms with van der Waals surface area (Å²) in [6, 6.07) is 1.34. The van der Waals surface area contributed by atoms with Gasteiger partial charge in [0.2, 0.25) is 0 Å². The highest BCUT2D eigenvalue weighted by atomic mass is 32.1. The van der Waals surface area contributed by atoms with E-state index in [2.05, 4.69) is 4.98 Å². The Hall–Kier alpha value is -1.36. The smallest absolute Gasteiger partial charge is 0.251 e. The fourth-order valence-electron chi connectivity index (χ4n) is 1.08. The Balaban J connectivity index is 2.76. The van der Waals surface area contributed by atoms with Gasteiger partial charge in [-0.05, 0) is 6.07 Å². The molecule has 0 saturated heterocycles. The van der Waals surface area contributed by atoms with E-state index in [9.17, 15) is 4.39 Å². The van der Waals surface area contributed by atoms with Crippen molar-refractivity contribution in [3.05, 3.63) is 17.3 Å². The van der Waals surface area contributed by atoms with Crippen LogP contribution in [-0.4, -0.2) is 12.1 Å². The summed E-state index contributed by atoms with van der Waals surface area (Å²) in [7, 11) is 1.38. The summed E-state index contributed by atoms with van der Waals surface area (Å²) in [5.41, 5.74) is 6.15. The third kappa shape index (κ3) is 1.21. The number of methoxy groups -OCH3 is 1. The van der Waals surface area contributed by atoms with Crippen molar-refractivity contribution >= 4 is 27.2 Å². The minimum Gasteiger partial charge on any atom is -0.479 e. The van der Waals surface area contributed by atoms with Crippen molar-refractivity contribution in [3.63, 3.8) is 0 Å². The molecular formula is C8H7FN2OS. The van der Waals surface area contributed by atoms with Crippen LogP contribution in [0.3, 0.4) is 0 Å². The van der Waals surface area contributed by atoms with Crippen LogP contribution in [-0.2, 0) is 0 Å². The van der Waals surface area contributed by atoms with Crippen molar-refractivity contribution in [3.8, 4) is 5.88 Å². The molecule has 0 fully saturated rings. The van der Waals surface area contributed by atoms with Crippen molar-refractivity contribution in [2.75, 3.05) is 12.8 Å². The molecule has 0 aliphatic carbocycles. The van der Waals surface area contributed by atoms with Crippen LogP contribution in [0.4, 0.5) is 10.1 Å². The molecule has 0 aliphatic rings. The lowest BCUT2D eigenvalue weighted by Gasteiger charge is -1.99. The van der Waals surface area contributed by atoms with E-state index in [0.29, 0.717) is 15.9 Å². The Morgan fingerprint density at radius 1 is 1.62 bits per heavy atom. The number of aromatic nitrogens is 1. The lowest BCUT2D eigenvalue weighted by molar-refractivity contribution is 0.371. The molecule has 68 valence electrons. The molecule has 0 bridgehead atoms. The van der Waals surface area contributed by atoms with Crippen molar-refractivity contribution in [2.45, 2.75) is 0 Å². The number of hydrogen-bond donors (Lipinski definition) is 1. The van der Waals surface area contributed by atoms with Gasteiger partial charge in [0.1, 0.15) is 4.83 Å². The Labute approximate surface area is 78.0 Å². The molecule has 0 atom stereocenters. The topological polar surface area (TPSA) is 48.1 Å². The summed E-state index contributed by atoms with van der Waals surface area (Å²) in [6.07, 6.45) is 0. The van der Waals surface area contributed by atoms with Crippen LogP contribution >= 0.6 is 11.3 Å². The molecule has 13 heavy (non-hydrogen) atoms. The average molecular weight is 198 g/mol. The number of fused-ring (bicyclic) bond motifs is 1. The maximum Gasteiger partial charge on any atom is 0.251 e. The number of thiophene rings is 1. The number of rotatable bonds is 1. The van der Waals surface area contributed by atoms with Gasteiger partial charge in [0, 0.05) is 10.8 Å². The van der Waals surface area contributed by atoms with E-state index in [-0.39, 0.29) is 5.88 Å². The molecule has 2 N–H and O–H groups in total. The molecule has 0 amide bonds. The molecule has 2 heterocycles. The first-order chi connectivity index (χ1) is 6.22. The number of anilines is 1. The summed E-state index contributed by atoms with van der Waals surface area (Å²) in [5.74, 6) is -0.477. The van der Waals surface area contributed by atoms with Gasteiger partial charge in [0.25, 0.3) is 5.88 Å². The van der Waals surface area contributed by atoms with Gasteiger partial charge < -0.3 is 10.5 Å². The summed E-state index contributed by atoms with van der Waals surface area (Å²) in [6.45, 7) is 0. The molecule has 0 radical (unpaired) electrons. The van der Waals surface area contributed by atoms with Gasteiger partial charge in [0.05, 0.1) is 12.8 Å². The molecule has 2 rings (SSSR count). The summed E-state index contributed by atoms with van der Waals surface area (Å²) >= 11 is 1.37. The number of ether oxygens (including phenoxy) is 1. The van der Waals surface area contributed by atoms with Gasteiger partial charge >= 0.3 is 0 Å². The Kier molecular flexibility index (Phi) is 1.81. The van der Waals surface area contributed by atoms with Gasteiger partial charge in [-0.2, -0.15) is 4.98 Å². The van der Waals surface area contributed by atoms with E-state index in [1.165, 1.54) is 24.5 Å². The van der Waals surface area contributed by atoms with Gasteiger partial charge in [-0.15, -0.1) is 11.3 Å². The zero-order valence-electron chi connectivity index (χ0n) is 6.87. The zero-order valence-corrected chi connectivity index (χ0v) is 7.69. The molecule has 0 unspecified atom stereocenters. The van der Waals surface area contributed by atoms with Crippen molar-refractivity contribution < 1.29 is 9.13 Å². The maximum atomic E-state index is 13.1. The van der Waals surface area contributed by atoms with Crippen molar-refractivity contribution in [2.24, 2.45) is 0 Å². The van der Waals surface area contributed by atoms with E-state index in [4.69, 9.17) is 10.5 Å². The van der Waals surface area contributed by atoms with E-state index in [1.54, 1.807) is 5.38 Å². The monoisotopic (exact) mass is 198 g/mol. The van der Waals surface area contributed by atoms with Crippen LogP contribution in [0.5, 0.6) is 5.88 Å². The third-order valence-corrected chi connectivity index (χ3v) is 2.62. The fourth-order valence-corrected chi connectivity index (χ4v) is 1.88. The van der Waals surface area contributed by atoms with Gasteiger partial charge in [-0.25, -0.2) is 4.39 Å². The van der Waals surface area contributed by atoms with Crippen LogP contribution in [0.15, 0.2) is 11.4 Å². The van der Waals surface area contributed by atoms with Crippen molar-refractivity contribution in [1.82, 2.24) is 4.98 Å². The number of nitrogens with zero attached hydrogens (tertiary/aromatic N) is 1. The number of hydrogen-bond acceptors (Lipinski definition) is 4. The number of pyridine rings is 1. The minimum atomic E-state index is -0.486. The van der Waals surface area contributed by atoms with E-state index < -0.39 is 5.82 Å². The highest BCUT2D eigenvalue weighted by molar-refractivity contribution is 7.17. The lowest BCUT2D eigenvalue weighted by Crippen LogP contribution is -1.91. The first-order valence-electron chi connectivity index (χ1n) is 3.59. The first kappa shape index (κ1) is 8.25. The predicted molar refractivity (Wildman–Crippen MR) is 50.5 cm³/mol. The van der Waals surface area contributed by atoms with Crippen LogP contribution in [0.1, 0.15) is 0 Å². The van der Waals surface area contributed by atoms with Crippen LogP contribution in [0, 0.1) is 5.82 Å². The average Bonchev–Trinajstić information content (AvgIpc) is 2.47. The largest absolute Gasteiger partial charge is 0.479 e. The number of nitrogen functional groups attached to an aromatic ring is 1. The predicted octanol–water partition coefficient (Wildman–Crippen LogP) is 2.03. The summed E-state index contributed by atoms with van der Waals surface area (Å²) in [4.78, 5) is 4.65. The first-order valence-corrected chi connectivity index (χ1v) is 4.47. The molecule has 2 aromatic rings. The van der Waals surface area contributed by atoms with Crippen molar-refractivity contribution in [1.29, 1.82) is 0 Å². The number of nitrogens with two attached hydrogens (primary N) is 1. The van der Waals surface area contributed by atoms with Crippen LogP contribution in [0.25, 0.3) is 10.2 Å². The molecule has 5 heteroatoms. The highest BCUT2D eigenvalue weighted by Crippen LogP contribution is 2.29. The fraction of sp³-hybridized carbons (Fsp3) is 0.125. The molecule has 0 spiro atoms. The summed E-state index contributed by atoms with van der Waals surface area (Å²) < 4.78 is 17.9. The highest BCUT2D eigenvalue weighted by Gasteiger charge is 2.09. The van der Waals surface area contributed by atoms with Gasteiger partial charge in [-0.3, -0.25) is 0 Å². The summed E-state index contributed by atoms with van der Waals surface area (Å²) in [5, 5.41) is 2.37. The quantitative estimate of drug-likeness (QED) is 0.762. The van der Waals surface area contributed by atoms with Gasteiger partial charge in [0.15, 0.2) is 5.82 Å². The molecule has 0 aliphatic heterocycles. The maximum absolute atomic E-state index is 13.1. The second-order valence-corrected chi connectivity index (χ2v) is 3.38. The Morgan fingerprint density at radius 2 is 2.38 bits per heavy atom. The lowest BCUT2D eigenvalue weighted by atomic mass is 10.3. The third-order valence-electron chi connectivity index (χ3n) is 1.71. The molecule has 3 nitrogen and oxygen atoms in total. The Bertz CT molecular complexity index is 455. The standard InChI is InChI=1S/C8H7FN2OS/c1-12-7-5(9)2-4-6(10)3-13-8(4)11-7/h2-3H,10H2,1H3. The molecule has 2 aromatic heterocycles. The SMILES string of the molecule is COc1nc2scc(N)c2cc1F. The van der Waals surface area contributed by atoms with Gasteiger partial charge in [-0.1, -0.05) is 0 Å². The van der Waals surface area contributed by atoms with Crippen LogP contribution in [0.2, 0.25) is 0 Å². The Morgan fingerprint density at radius 3 is 3.08 bits per heavy atom. The van der Waals surface area contributed by atoms with E-state index in [1.807, 2.05) is 0 Å². The second-order valence-electron chi connectivity index (χ2n) is 2.52. The normalized spacial score (nSPS) is 10.6. The minimum absolute atomic E-state index is 0.00866.